The topological polar surface area (TPSA) is 72.2 Å². The Kier molecular flexibility index (Phi) is 3.98. The minimum atomic E-state index is -3.51. The van der Waals surface area contributed by atoms with Crippen LogP contribution in [0.4, 0.5) is 0 Å². The summed E-state index contributed by atoms with van der Waals surface area (Å²) in [4.78, 5) is 0.294. The molecule has 0 saturated heterocycles. The van der Waals surface area contributed by atoms with Crippen LogP contribution in [-0.4, -0.2) is 14.5 Å². The SMILES string of the molecule is CCC(N)c1cccc(S(=O)(=O)NC2C(C)(C)C2(C)C)c1. The summed E-state index contributed by atoms with van der Waals surface area (Å²) in [5, 5.41) is 0. The van der Waals surface area contributed by atoms with E-state index in [1.807, 2.05) is 13.0 Å². The Bertz CT molecular complexity index is 621. The molecule has 0 heterocycles. The van der Waals surface area contributed by atoms with Crippen LogP contribution in [0.15, 0.2) is 29.2 Å². The Hall–Kier alpha value is -0.910. The Labute approximate surface area is 128 Å². The number of hydrogen-bond acceptors (Lipinski definition) is 3. The van der Waals surface area contributed by atoms with E-state index in [0.29, 0.717) is 4.90 Å². The molecule has 0 amide bonds. The summed E-state index contributed by atoms with van der Waals surface area (Å²) in [6.45, 7) is 10.3. The van der Waals surface area contributed by atoms with Gasteiger partial charge in [-0.15, -0.1) is 0 Å². The predicted molar refractivity (Wildman–Crippen MR) is 85.3 cm³/mol. The van der Waals surface area contributed by atoms with Gasteiger partial charge in [-0.25, -0.2) is 13.1 Å². The van der Waals surface area contributed by atoms with Crippen molar-refractivity contribution < 1.29 is 8.42 Å². The molecule has 1 unspecified atom stereocenters. The smallest absolute Gasteiger partial charge is 0.240 e. The molecule has 1 aliphatic rings. The number of rotatable bonds is 5. The lowest BCUT2D eigenvalue weighted by Crippen LogP contribution is -2.30. The molecule has 0 spiro atoms. The van der Waals surface area contributed by atoms with E-state index in [0.717, 1.165) is 12.0 Å². The molecule has 1 aromatic carbocycles. The van der Waals surface area contributed by atoms with Crippen LogP contribution in [0.2, 0.25) is 0 Å². The molecule has 0 bridgehead atoms. The standard InChI is InChI=1S/C16H26N2O2S/c1-6-13(17)11-8-7-9-12(10-11)21(19,20)18-14-15(2,3)16(14,4)5/h7-10,13-14,18H,6,17H2,1-5H3. The first-order valence-electron chi connectivity index (χ1n) is 7.42. The van der Waals surface area contributed by atoms with Crippen molar-refractivity contribution in [2.75, 3.05) is 0 Å². The first-order chi connectivity index (χ1) is 9.54. The molecule has 1 aliphatic carbocycles. The molecule has 1 atom stereocenters. The molecule has 21 heavy (non-hydrogen) atoms. The van der Waals surface area contributed by atoms with Gasteiger partial charge in [0, 0.05) is 12.1 Å². The first-order valence-corrected chi connectivity index (χ1v) is 8.90. The first kappa shape index (κ1) is 16.5. The fourth-order valence-corrected chi connectivity index (χ4v) is 4.45. The van der Waals surface area contributed by atoms with E-state index in [1.54, 1.807) is 18.2 Å². The molecule has 2 rings (SSSR count). The summed E-state index contributed by atoms with van der Waals surface area (Å²) in [7, 11) is -3.51. The average molecular weight is 310 g/mol. The van der Waals surface area contributed by atoms with Gasteiger partial charge in [-0.1, -0.05) is 46.8 Å². The highest BCUT2D eigenvalue weighted by atomic mass is 32.2. The minimum Gasteiger partial charge on any atom is -0.324 e. The third-order valence-corrected chi connectivity index (χ3v) is 6.75. The third-order valence-electron chi connectivity index (χ3n) is 5.33. The third kappa shape index (κ3) is 2.74. The number of hydrogen-bond donors (Lipinski definition) is 2. The van der Waals surface area contributed by atoms with Gasteiger partial charge in [-0.2, -0.15) is 0 Å². The van der Waals surface area contributed by atoms with Gasteiger partial charge in [-0.3, -0.25) is 0 Å². The lowest BCUT2D eigenvalue weighted by atomic mass is 10.0. The second kappa shape index (κ2) is 5.07. The fourth-order valence-electron chi connectivity index (χ4n) is 2.86. The summed E-state index contributed by atoms with van der Waals surface area (Å²) in [6.07, 6.45) is 0.777. The van der Waals surface area contributed by atoms with Gasteiger partial charge >= 0.3 is 0 Å². The van der Waals surface area contributed by atoms with Gasteiger partial charge in [0.2, 0.25) is 10.0 Å². The quantitative estimate of drug-likeness (QED) is 0.878. The van der Waals surface area contributed by atoms with Crippen LogP contribution in [0, 0.1) is 10.8 Å². The van der Waals surface area contributed by atoms with E-state index in [-0.39, 0.29) is 22.9 Å². The zero-order chi connectivity index (χ0) is 16.1. The van der Waals surface area contributed by atoms with Crippen LogP contribution in [0.25, 0.3) is 0 Å². The van der Waals surface area contributed by atoms with E-state index in [1.165, 1.54) is 0 Å². The second-order valence-electron chi connectivity index (χ2n) is 7.08. The summed E-state index contributed by atoms with van der Waals surface area (Å²) >= 11 is 0. The van der Waals surface area contributed by atoms with Crippen LogP contribution >= 0.6 is 0 Å². The maximum absolute atomic E-state index is 12.6. The Balaban J connectivity index is 2.26. The van der Waals surface area contributed by atoms with E-state index < -0.39 is 10.0 Å². The van der Waals surface area contributed by atoms with Crippen LogP contribution in [0.5, 0.6) is 0 Å². The average Bonchev–Trinajstić information content (AvgIpc) is 2.80. The van der Waals surface area contributed by atoms with Crippen molar-refractivity contribution in [3.05, 3.63) is 29.8 Å². The Morgan fingerprint density at radius 2 is 1.81 bits per heavy atom. The normalized spacial score (nSPS) is 22.0. The van der Waals surface area contributed by atoms with Crippen LogP contribution in [0.3, 0.4) is 0 Å². The number of nitrogens with two attached hydrogens (primary N) is 1. The molecular weight excluding hydrogens is 284 g/mol. The largest absolute Gasteiger partial charge is 0.324 e. The molecular formula is C16H26N2O2S. The molecule has 0 radical (unpaired) electrons. The number of benzene rings is 1. The molecule has 1 fully saturated rings. The van der Waals surface area contributed by atoms with Gasteiger partial charge in [0.1, 0.15) is 0 Å². The molecule has 0 aliphatic heterocycles. The molecule has 118 valence electrons. The van der Waals surface area contributed by atoms with Gasteiger partial charge in [-0.05, 0) is 34.9 Å². The second-order valence-corrected chi connectivity index (χ2v) is 8.80. The summed E-state index contributed by atoms with van der Waals surface area (Å²) in [6, 6.07) is 6.75. The number of sulfonamides is 1. The lowest BCUT2D eigenvalue weighted by molar-refractivity contribution is 0.457. The van der Waals surface area contributed by atoms with Crippen molar-refractivity contribution in [3.63, 3.8) is 0 Å². The van der Waals surface area contributed by atoms with Gasteiger partial charge < -0.3 is 5.73 Å². The maximum atomic E-state index is 12.6. The van der Waals surface area contributed by atoms with E-state index in [2.05, 4.69) is 32.4 Å². The van der Waals surface area contributed by atoms with E-state index in [9.17, 15) is 8.42 Å². The van der Waals surface area contributed by atoms with E-state index in [4.69, 9.17) is 5.73 Å². The van der Waals surface area contributed by atoms with Gasteiger partial charge in [0.05, 0.1) is 4.90 Å². The molecule has 3 N–H and O–H groups in total. The fraction of sp³-hybridized carbons (Fsp3) is 0.625. The number of nitrogens with one attached hydrogen (secondary N) is 1. The molecule has 1 saturated carbocycles. The Morgan fingerprint density at radius 1 is 1.24 bits per heavy atom. The minimum absolute atomic E-state index is 0.0303. The van der Waals surface area contributed by atoms with Crippen LogP contribution in [-0.2, 0) is 10.0 Å². The molecule has 4 nitrogen and oxygen atoms in total. The highest BCUT2D eigenvalue weighted by molar-refractivity contribution is 7.89. The monoisotopic (exact) mass is 310 g/mol. The zero-order valence-corrected chi connectivity index (χ0v) is 14.3. The van der Waals surface area contributed by atoms with Gasteiger partial charge in [0.25, 0.3) is 0 Å². The van der Waals surface area contributed by atoms with Crippen molar-refractivity contribution in [3.8, 4) is 0 Å². The maximum Gasteiger partial charge on any atom is 0.240 e. The van der Waals surface area contributed by atoms with Gasteiger partial charge in [0.15, 0.2) is 0 Å². The molecule has 1 aromatic rings. The van der Waals surface area contributed by atoms with E-state index >= 15 is 0 Å². The molecule has 5 heteroatoms. The summed E-state index contributed by atoms with van der Waals surface area (Å²) in [5.74, 6) is 0. The highest BCUT2D eigenvalue weighted by Crippen LogP contribution is 2.62. The van der Waals surface area contributed by atoms with Crippen molar-refractivity contribution >= 4 is 10.0 Å². The van der Waals surface area contributed by atoms with Crippen molar-refractivity contribution in [1.29, 1.82) is 0 Å². The van der Waals surface area contributed by atoms with Crippen molar-refractivity contribution in [2.45, 2.75) is 58.0 Å². The van der Waals surface area contributed by atoms with Crippen molar-refractivity contribution in [1.82, 2.24) is 4.72 Å². The lowest BCUT2D eigenvalue weighted by Gasteiger charge is -2.12. The van der Waals surface area contributed by atoms with Crippen LogP contribution < -0.4 is 10.5 Å². The zero-order valence-electron chi connectivity index (χ0n) is 13.5. The summed E-state index contributed by atoms with van der Waals surface area (Å²) < 4.78 is 28.0. The summed E-state index contributed by atoms with van der Waals surface area (Å²) in [5.41, 5.74) is 6.79. The van der Waals surface area contributed by atoms with Crippen molar-refractivity contribution in [2.24, 2.45) is 16.6 Å². The van der Waals surface area contributed by atoms with Crippen LogP contribution in [0.1, 0.15) is 52.6 Å². The molecule has 0 aromatic heterocycles. The highest BCUT2D eigenvalue weighted by Gasteiger charge is 2.66. The predicted octanol–water partition coefficient (Wildman–Crippen LogP) is 2.81. The Morgan fingerprint density at radius 3 is 2.29 bits per heavy atom.